The first kappa shape index (κ1) is 10.4. The molecule has 0 saturated carbocycles. The fourth-order valence-corrected chi connectivity index (χ4v) is 0.560. The van der Waals surface area contributed by atoms with Gasteiger partial charge in [0.1, 0.15) is 6.54 Å². The maximum atomic E-state index is 10.3. The van der Waals surface area contributed by atoms with Crippen molar-refractivity contribution >= 4 is 5.97 Å². The van der Waals surface area contributed by atoms with E-state index >= 15 is 0 Å². The number of rotatable bonds is 2. The highest BCUT2D eigenvalue weighted by Crippen LogP contribution is 2.17. The van der Waals surface area contributed by atoms with E-state index in [0.717, 1.165) is 0 Å². The Kier molecular flexibility index (Phi) is 2.67. The topological polar surface area (TPSA) is 40.1 Å². The molecular weight excluding hydrogens is 142 g/mol. The molecule has 0 aliphatic rings. The van der Waals surface area contributed by atoms with E-state index in [1.807, 2.05) is 34.9 Å². The Morgan fingerprint density at radius 3 is 1.82 bits per heavy atom. The van der Waals surface area contributed by atoms with Gasteiger partial charge in [-0.15, -0.1) is 0 Å². The Labute approximate surface area is 68.2 Å². The van der Waals surface area contributed by atoms with Crippen molar-refractivity contribution in [2.45, 2.75) is 26.3 Å². The van der Waals surface area contributed by atoms with Gasteiger partial charge in [0.2, 0.25) is 0 Å². The Morgan fingerprint density at radius 2 is 1.73 bits per heavy atom. The summed E-state index contributed by atoms with van der Waals surface area (Å²) in [6.07, 6.45) is 0. The summed E-state index contributed by atoms with van der Waals surface area (Å²) in [4.78, 5) is 10.3. The maximum Gasteiger partial charge on any atom is 0.119 e. The van der Waals surface area contributed by atoms with Crippen LogP contribution in [0.15, 0.2) is 0 Å². The van der Waals surface area contributed by atoms with E-state index in [-0.39, 0.29) is 12.1 Å². The van der Waals surface area contributed by atoms with Crippen molar-refractivity contribution in [3.05, 3.63) is 0 Å². The van der Waals surface area contributed by atoms with Crippen molar-refractivity contribution in [3.8, 4) is 0 Å². The third kappa shape index (κ3) is 2.89. The molecule has 0 aromatic carbocycles. The van der Waals surface area contributed by atoms with Crippen molar-refractivity contribution < 1.29 is 14.4 Å². The van der Waals surface area contributed by atoms with Crippen LogP contribution in [-0.2, 0) is 4.79 Å². The van der Waals surface area contributed by atoms with Gasteiger partial charge in [-0.3, -0.25) is 0 Å². The molecule has 0 aromatic rings. The first-order chi connectivity index (χ1) is 4.67. The van der Waals surface area contributed by atoms with Gasteiger partial charge in [0.25, 0.3) is 0 Å². The Bertz CT molecular complexity index is 156. The predicted octanol–water partition coefficient (Wildman–Crippen LogP) is -0.389. The Balaban J connectivity index is 4.34. The van der Waals surface area contributed by atoms with Crippen LogP contribution in [0.4, 0.5) is 0 Å². The lowest BCUT2D eigenvalue weighted by molar-refractivity contribution is -0.930. The van der Waals surface area contributed by atoms with Gasteiger partial charge in [-0.2, -0.15) is 0 Å². The van der Waals surface area contributed by atoms with Crippen LogP contribution in [0, 0.1) is 0 Å². The van der Waals surface area contributed by atoms with Gasteiger partial charge >= 0.3 is 0 Å². The maximum absolute atomic E-state index is 10.3. The molecular formula is C8H17NO2. The van der Waals surface area contributed by atoms with Crippen molar-refractivity contribution in [2.24, 2.45) is 0 Å². The highest BCUT2D eigenvalue weighted by molar-refractivity contribution is 5.65. The molecule has 0 rings (SSSR count). The van der Waals surface area contributed by atoms with Gasteiger partial charge in [0.15, 0.2) is 0 Å². The zero-order chi connectivity index (χ0) is 9.28. The summed E-state index contributed by atoms with van der Waals surface area (Å²) in [5, 5.41) is 10.3. The molecule has 3 nitrogen and oxygen atoms in total. The van der Waals surface area contributed by atoms with E-state index in [0.29, 0.717) is 4.48 Å². The summed E-state index contributed by atoms with van der Waals surface area (Å²) in [5.41, 5.74) is -0.0555. The largest absolute Gasteiger partial charge is 0.544 e. The first-order valence-electron chi connectivity index (χ1n) is 3.70. The molecule has 0 saturated heterocycles. The van der Waals surface area contributed by atoms with Crippen LogP contribution in [0.25, 0.3) is 0 Å². The number of hydrogen-bond donors (Lipinski definition) is 0. The zero-order valence-electron chi connectivity index (χ0n) is 7.97. The van der Waals surface area contributed by atoms with Crippen LogP contribution in [0.5, 0.6) is 0 Å². The molecule has 0 radical (unpaired) electrons. The summed E-state index contributed by atoms with van der Waals surface area (Å²) in [5.74, 6) is -0.995. The minimum Gasteiger partial charge on any atom is -0.544 e. The monoisotopic (exact) mass is 159 g/mol. The lowest BCUT2D eigenvalue weighted by Gasteiger charge is -2.42. The fraction of sp³-hybridized carbons (Fsp3) is 0.875. The number of quaternary nitrogens is 1. The molecule has 66 valence electrons. The second-order valence-electron chi connectivity index (χ2n) is 4.39. The quantitative estimate of drug-likeness (QED) is 0.515. The second kappa shape index (κ2) is 2.81. The number of carbonyl (C=O) groups excluding carboxylic acids is 1. The number of aliphatic carboxylic acids is 1. The third-order valence-corrected chi connectivity index (χ3v) is 2.34. The molecule has 0 aliphatic carbocycles. The molecule has 0 heterocycles. The second-order valence-corrected chi connectivity index (χ2v) is 4.39. The molecule has 3 heteroatoms. The van der Waals surface area contributed by atoms with Gasteiger partial charge < -0.3 is 14.4 Å². The molecule has 0 bridgehead atoms. The summed E-state index contributed by atoms with van der Waals surface area (Å²) in [7, 11) is 3.77. The van der Waals surface area contributed by atoms with Gasteiger partial charge in [-0.25, -0.2) is 0 Å². The molecule has 0 aliphatic heterocycles. The van der Waals surface area contributed by atoms with Crippen molar-refractivity contribution in [1.29, 1.82) is 0 Å². The molecule has 0 atom stereocenters. The van der Waals surface area contributed by atoms with E-state index in [9.17, 15) is 9.90 Å². The molecule has 0 fully saturated rings. The van der Waals surface area contributed by atoms with E-state index in [2.05, 4.69) is 0 Å². The van der Waals surface area contributed by atoms with Crippen molar-refractivity contribution in [1.82, 2.24) is 0 Å². The molecule has 0 N–H and O–H groups in total. The smallest absolute Gasteiger partial charge is 0.119 e. The fourth-order valence-electron chi connectivity index (χ4n) is 0.560. The van der Waals surface area contributed by atoms with E-state index in [4.69, 9.17) is 0 Å². The zero-order valence-corrected chi connectivity index (χ0v) is 7.97. The van der Waals surface area contributed by atoms with E-state index < -0.39 is 5.97 Å². The first-order valence-corrected chi connectivity index (χ1v) is 3.70. The summed E-state index contributed by atoms with van der Waals surface area (Å²) < 4.78 is 0.440. The van der Waals surface area contributed by atoms with E-state index in [1.54, 1.807) is 0 Å². The predicted molar refractivity (Wildman–Crippen MR) is 41.7 cm³/mol. The van der Waals surface area contributed by atoms with Gasteiger partial charge in [-0.05, 0) is 20.8 Å². The number of nitrogens with zero attached hydrogens (tertiary/aromatic N) is 1. The van der Waals surface area contributed by atoms with Crippen LogP contribution in [0.3, 0.4) is 0 Å². The van der Waals surface area contributed by atoms with Crippen LogP contribution < -0.4 is 5.11 Å². The SMILES string of the molecule is CC(C)(C)[N+](C)(C)CC(=O)[O-]. The number of carbonyl (C=O) groups is 1. The number of likely N-dealkylation sites (N-methyl/N-ethyl adjacent to an activating group) is 1. The molecule has 0 amide bonds. The highest BCUT2D eigenvalue weighted by atomic mass is 16.4. The lowest BCUT2D eigenvalue weighted by atomic mass is 10.0. The summed E-state index contributed by atoms with van der Waals surface area (Å²) in [6, 6.07) is 0. The summed E-state index contributed by atoms with van der Waals surface area (Å²) >= 11 is 0. The Morgan fingerprint density at radius 1 is 1.36 bits per heavy atom. The Hall–Kier alpha value is -0.570. The molecule has 0 spiro atoms. The average molecular weight is 159 g/mol. The summed E-state index contributed by atoms with van der Waals surface area (Å²) in [6.45, 7) is 6.09. The molecule has 0 unspecified atom stereocenters. The van der Waals surface area contributed by atoms with Crippen LogP contribution in [-0.4, -0.2) is 36.6 Å². The van der Waals surface area contributed by atoms with Crippen molar-refractivity contribution in [2.75, 3.05) is 20.6 Å². The minimum atomic E-state index is -0.995. The molecule has 11 heavy (non-hydrogen) atoms. The van der Waals surface area contributed by atoms with Crippen LogP contribution in [0.2, 0.25) is 0 Å². The minimum absolute atomic E-state index is 0.0555. The van der Waals surface area contributed by atoms with Crippen molar-refractivity contribution in [3.63, 3.8) is 0 Å². The number of hydrogen-bond acceptors (Lipinski definition) is 2. The standard InChI is InChI=1S/C8H17NO2/c1-8(2,3)9(4,5)6-7(10)11/h6H2,1-5H3. The number of carboxylic acids is 1. The van der Waals surface area contributed by atoms with Gasteiger partial charge in [0.05, 0.1) is 25.6 Å². The van der Waals surface area contributed by atoms with Gasteiger partial charge in [0, 0.05) is 0 Å². The third-order valence-electron chi connectivity index (χ3n) is 2.34. The van der Waals surface area contributed by atoms with Crippen LogP contribution in [0.1, 0.15) is 20.8 Å². The lowest BCUT2D eigenvalue weighted by Crippen LogP contribution is -2.58. The highest BCUT2D eigenvalue weighted by Gasteiger charge is 2.31. The van der Waals surface area contributed by atoms with Crippen LogP contribution >= 0.6 is 0 Å². The number of carboxylic acid groups (broad SMARTS) is 1. The van der Waals surface area contributed by atoms with E-state index in [1.165, 1.54) is 0 Å². The molecule has 0 aromatic heterocycles. The average Bonchev–Trinajstić information content (AvgIpc) is 1.56. The van der Waals surface area contributed by atoms with Gasteiger partial charge in [-0.1, -0.05) is 0 Å². The normalized spacial score (nSPS) is 13.2.